The third-order valence-corrected chi connectivity index (χ3v) is 4.51. The van der Waals surface area contributed by atoms with Crippen molar-refractivity contribution in [1.29, 1.82) is 0 Å². The van der Waals surface area contributed by atoms with Crippen molar-refractivity contribution < 1.29 is 9.53 Å². The molecule has 0 unspecified atom stereocenters. The summed E-state index contributed by atoms with van der Waals surface area (Å²) >= 11 is 6.87. The molecule has 0 spiro atoms. The van der Waals surface area contributed by atoms with Gasteiger partial charge in [0.25, 0.3) is 5.91 Å². The second-order valence-corrected chi connectivity index (χ2v) is 7.65. The molecule has 1 N–H and O–H groups in total. The molecule has 2 rings (SSSR count). The Hall–Kier alpha value is -1.66. The number of carbonyl (C=O) groups is 1. The lowest BCUT2D eigenvalue weighted by atomic mass is 10.0. The van der Waals surface area contributed by atoms with Gasteiger partial charge >= 0.3 is 0 Å². The van der Waals surface area contributed by atoms with Crippen LogP contribution in [0.2, 0.25) is 0 Å². The first-order chi connectivity index (χ1) is 11.9. The highest BCUT2D eigenvalue weighted by atomic mass is 79.9. The monoisotopic (exact) mass is 466 g/mol. The second-order valence-electron chi connectivity index (χ2n) is 5.88. The quantitative estimate of drug-likeness (QED) is 0.476. The molecule has 0 atom stereocenters. The summed E-state index contributed by atoms with van der Waals surface area (Å²) in [6.45, 7) is 5.89. The number of rotatable bonds is 6. The van der Waals surface area contributed by atoms with Gasteiger partial charge in [-0.1, -0.05) is 60.1 Å². The molecule has 0 radical (unpaired) electrons. The average molecular weight is 468 g/mol. The molecular formula is C19H20Br2N2O2. The summed E-state index contributed by atoms with van der Waals surface area (Å²) in [4.78, 5) is 12.1. The zero-order valence-corrected chi connectivity index (χ0v) is 17.5. The first kappa shape index (κ1) is 19.7. The van der Waals surface area contributed by atoms with E-state index in [0.29, 0.717) is 5.75 Å². The van der Waals surface area contributed by atoms with Crippen LogP contribution in [0.25, 0.3) is 0 Å². The van der Waals surface area contributed by atoms with Crippen LogP contribution in [-0.4, -0.2) is 18.2 Å². The smallest absolute Gasteiger partial charge is 0.277 e. The number of amides is 1. The van der Waals surface area contributed by atoms with Crippen LogP contribution in [-0.2, 0) is 4.79 Å². The van der Waals surface area contributed by atoms with Gasteiger partial charge in [0.1, 0.15) is 5.75 Å². The minimum atomic E-state index is -0.303. The summed E-state index contributed by atoms with van der Waals surface area (Å²) in [5, 5.41) is 4.28. The zero-order chi connectivity index (χ0) is 18.4. The Bertz CT molecular complexity index is 751. The Morgan fingerprint density at radius 2 is 1.88 bits per heavy atom. The van der Waals surface area contributed by atoms with Gasteiger partial charge in [-0.15, -0.1) is 0 Å². The van der Waals surface area contributed by atoms with Crippen molar-refractivity contribution in [2.45, 2.75) is 20.8 Å². The number of ether oxygens (including phenoxy) is 1. The fourth-order valence-electron chi connectivity index (χ4n) is 2.30. The Kier molecular flexibility index (Phi) is 7.20. The molecule has 2 aromatic rings. The first-order valence-corrected chi connectivity index (χ1v) is 9.47. The summed E-state index contributed by atoms with van der Waals surface area (Å²) in [6.07, 6.45) is 0. The molecule has 132 valence electrons. The van der Waals surface area contributed by atoms with Gasteiger partial charge in [-0.25, -0.2) is 5.43 Å². The predicted octanol–water partition coefficient (Wildman–Crippen LogP) is 5.08. The molecule has 0 bridgehead atoms. The van der Waals surface area contributed by atoms with Crippen molar-refractivity contribution in [2.24, 2.45) is 11.0 Å². The average Bonchev–Trinajstić information content (AvgIpc) is 2.54. The van der Waals surface area contributed by atoms with Crippen LogP contribution in [0.1, 0.15) is 25.0 Å². The van der Waals surface area contributed by atoms with Gasteiger partial charge in [-0.05, 0) is 52.0 Å². The van der Waals surface area contributed by atoms with Gasteiger partial charge in [-0.2, -0.15) is 5.10 Å². The van der Waals surface area contributed by atoms with Crippen molar-refractivity contribution in [3.05, 3.63) is 62.5 Å². The topological polar surface area (TPSA) is 50.7 Å². The van der Waals surface area contributed by atoms with Crippen molar-refractivity contribution in [2.75, 3.05) is 6.61 Å². The number of hydrazone groups is 1. The standard InChI is InChI=1S/C19H20Br2N2O2/c1-12(2)18(14-7-5-4-6-8-14)23-22-17(24)11-25-19-13(3)9-15(20)10-16(19)21/h4-10,12H,11H2,1-3H3,(H,22,24)/b23-18+. The maximum atomic E-state index is 12.1. The molecule has 2 aromatic carbocycles. The van der Waals surface area contributed by atoms with Gasteiger partial charge in [0, 0.05) is 4.47 Å². The van der Waals surface area contributed by atoms with E-state index < -0.39 is 0 Å². The fourth-order valence-corrected chi connectivity index (χ4v) is 3.85. The molecular weight excluding hydrogens is 448 g/mol. The molecule has 0 aromatic heterocycles. The molecule has 6 heteroatoms. The summed E-state index contributed by atoms with van der Waals surface area (Å²) in [6, 6.07) is 13.6. The van der Waals surface area contributed by atoms with Crippen molar-refractivity contribution in [3.63, 3.8) is 0 Å². The highest BCUT2D eigenvalue weighted by molar-refractivity contribution is 9.11. The molecule has 0 aliphatic rings. The minimum Gasteiger partial charge on any atom is -0.482 e. The van der Waals surface area contributed by atoms with Gasteiger partial charge < -0.3 is 4.74 Å². The Balaban J connectivity index is 2.02. The number of benzene rings is 2. The number of hydrogen-bond acceptors (Lipinski definition) is 3. The van der Waals surface area contributed by atoms with Crippen molar-refractivity contribution in [3.8, 4) is 5.75 Å². The number of halogens is 2. The maximum absolute atomic E-state index is 12.1. The van der Waals surface area contributed by atoms with Crippen molar-refractivity contribution in [1.82, 2.24) is 5.43 Å². The van der Waals surface area contributed by atoms with E-state index in [9.17, 15) is 4.79 Å². The molecule has 0 aliphatic heterocycles. The SMILES string of the molecule is Cc1cc(Br)cc(Br)c1OCC(=O)N/N=C(/c1ccccc1)C(C)C. The lowest BCUT2D eigenvalue weighted by Crippen LogP contribution is -2.27. The highest BCUT2D eigenvalue weighted by Gasteiger charge is 2.11. The Labute approximate surface area is 164 Å². The van der Waals surface area contributed by atoms with Crippen LogP contribution in [0.15, 0.2) is 56.5 Å². The summed E-state index contributed by atoms with van der Waals surface area (Å²) in [5.41, 5.74) is 5.34. The molecule has 0 aliphatic carbocycles. The molecule has 1 amide bonds. The lowest BCUT2D eigenvalue weighted by molar-refractivity contribution is -0.123. The number of nitrogens with one attached hydrogen (secondary N) is 1. The van der Waals surface area contributed by atoms with E-state index in [1.165, 1.54) is 0 Å². The van der Waals surface area contributed by atoms with Crippen molar-refractivity contribution >= 4 is 43.5 Å². The van der Waals surface area contributed by atoms with E-state index in [2.05, 4.69) is 42.4 Å². The van der Waals surface area contributed by atoms with Crippen LogP contribution in [0, 0.1) is 12.8 Å². The van der Waals surface area contributed by atoms with Gasteiger partial charge in [-0.3, -0.25) is 4.79 Å². The molecule has 0 saturated heterocycles. The summed E-state index contributed by atoms with van der Waals surface area (Å²) in [7, 11) is 0. The largest absolute Gasteiger partial charge is 0.482 e. The first-order valence-electron chi connectivity index (χ1n) is 7.88. The van der Waals surface area contributed by atoms with Gasteiger partial charge in [0.05, 0.1) is 10.2 Å². The third-order valence-electron chi connectivity index (χ3n) is 3.46. The minimum absolute atomic E-state index is 0.106. The van der Waals surface area contributed by atoms with Crippen LogP contribution in [0.3, 0.4) is 0 Å². The number of nitrogens with zero attached hydrogens (tertiary/aromatic N) is 1. The van der Waals surface area contributed by atoms with E-state index in [1.807, 2.05) is 63.2 Å². The third kappa shape index (κ3) is 5.68. The maximum Gasteiger partial charge on any atom is 0.277 e. The highest BCUT2D eigenvalue weighted by Crippen LogP contribution is 2.32. The van der Waals surface area contributed by atoms with Gasteiger partial charge in [0.15, 0.2) is 6.61 Å². The van der Waals surface area contributed by atoms with Crippen LogP contribution in [0.5, 0.6) is 5.75 Å². The van der Waals surface area contributed by atoms with Crippen LogP contribution >= 0.6 is 31.9 Å². The number of aryl methyl sites for hydroxylation is 1. The predicted molar refractivity (Wildman–Crippen MR) is 108 cm³/mol. The number of carbonyl (C=O) groups excluding carboxylic acids is 1. The molecule has 0 fully saturated rings. The molecule has 0 heterocycles. The van der Waals surface area contributed by atoms with E-state index in [4.69, 9.17) is 4.74 Å². The fraction of sp³-hybridized carbons (Fsp3) is 0.263. The van der Waals surface area contributed by atoms with E-state index in [1.54, 1.807) is 0 Å². The second kappa shape index (κ2) is 9.15. The molecule has 0 saturated carbocycles. The number of hydrogen-bond donors (Lipinski definition) is 1. The normalized spacial score (nSPS) is 11.5. The summed E-state index contributed by atoms with van der Waals surface area (Å²) < 4.78 is 7.38. The zero-order valence-electron chi connectivity index (χ0n) is 14.3. The lowest BCUT2D eigenvalue weighted by Gasteiger charge is -2.12. The van der Waals surface area contributed by atoms with Crippen LogP contribution < -0.4 is 10.2 Å². The summed E-state index contributed by atoms with van der Waals surface area (Å²) in [5.74, 6) is 0.532. The molecule has 4 nitrogen and oxygen atoms in total. The van der Waals surface area contributed by atoms with Gasteiger partial charge in [0.2, 0.25) is 0 Å². The van der Waals surface area contributed by atoms with Crippen LogP contribution in [0.4, 0.5) is 0 Å². The molecule has 25 heavy (non-hydrogen) atoms. The Morgan fingerprint density at radius 1 is 1.20 bits per heavy atom. The van der Waals surface area contributed by atoms with E-state index in [0.717, 1.165) is 25.8 Å². The Morgan fingerprint density at radius 3 is 2.48 bits per heavy atom. The van der Waals surface area contributed by atoms with E-state index in [-0.39, 0.29) is 18.4 Å². The van der Waals surface area contributed by atoms with E-state index >= 15 is 0 Å².